The molecule has 2 aliphatic heterocycles. The number of amides is 1. The predicted octanol–water partition coefficient (Wildman–Crippen LogP) is 2.66. The predicted molar refractivity (Wildman–Crippen MR) is 120 cm³/mol. The van der Waals surface area contributed by atoms with Gasteiger partial charge in [-0.3, -0.25) is 4.79 Å². The van der Waals surface area contributed by atoms with Gasteiger partial charge in [0.25, 0.3) is 5.91 Å². The SMILES string of the molecule is Cc1nc(Nc2ccccn2)cc(N2CCN(C(=O)c3cccc4c3OCCO4)CC2)n1. The van der Waals surface area contributed by atoms with E-state index in [-0.39, 0.29) is 5.91 Å². The van der Waals surface area contributed by atoms with Gasteiger partial charge < -0.3 is 24.6 Å². The highest BCUT2D eigenvalue weighted by atomic mass is 16.6. The maximum Gasteiger partial charge on any atom is 0.257 e. The summed E-state index contributed by atoms with van der Waals surface area (Å²) in [5, 5.41) is 3.22. The summed E-state index contributed by atoms with van der Waals surface area (Å²) in [6.07, 6.45) is 1.73. The molecule has 0 radical (unpaired) electrons. The molecule has 5 rings (SSSR count). The van der Waals surface area contributed by atoms with Gasteiger partial charge in [0.2, 0.25) is 0 Å². The Bertz CT molecular complexity index is 1120. The number of para-hydroxylation sites is 1. The molecule has 164 valence electrons. The van der Waals surface area contributed by atoms with Crippen LogP contribution in [0, 0.1) is 6.92 Å². The van der Waals surface area contributed by atoms with Crippen molar-refractivity contribution < 1.29 is 14.3 Å². The molecule has 1 amide bonds. The fourth-order valence-corrected chi connectivity index (χ4v) is 3.90. The summed E-state index contributed by atoms with van der Waals surface area (Å²) in [4.78, 5) is 30.5. The van der Waals surface area contributed by atoms with Gasteiger partial charge >= 0.3 is 0 Å². The molecule has 0 aliphatic carbocycles. The molecule has 1 N–H and O–H groups in total. The standard InChI is InChI=1S/C23H24N6O3/c1-16-25-20(27-19-7-2-3-8-24-19)15-21(26-16)28-9-11-29(12-10-28)23(30)17-5-4-6-18-22(17)32-14-13-31-18/h2-8,15H,9-14H2,1H3,(H,24,25,26,27). The third-order valence-electron chi connectivity index (χ3n) is 5.43. The Labute approximate surface area is 186 Å². The zero-order valence-electron chi connectivity index (χ0n) is 17.8. The summed E-state index contributed by atoms with van der Waals surface area (Å²) in [7, 11) is 0. The fourth-order valence-electron chi connectivity index (χ4n) is 3.90. The first-order valence-electron chi connectivity index (χ1n) is 10.6. The number of aromatic nitrogens is 3. The third-order valence-corrected chi connectivity index (χ3v) is 5.43. The number of fused-ring (bicyclic) bond motifs is 1. The normalized spacial score (nSPS) is 15.4. The molecule has 0 atom stereocenters. The molecule has 1 fully saturated rings. The van der Waals surface area contributed by atoms with Gasteiger partial charge in [-0.05, 0) is 31.2 Å². The molecule has 3 aromatic rings. The summed E-state index contributed by atoms with van der Waals surface area (Å²) >= 11 is 0. The monoisotopic (exact) mass is 432 g/mol. The van der Waals surface area contributed by atoms with Crippen molar-refractivity contribution in [3.63, 3.8) is 0 Å². The second kappa shape index (κ2) is 8.70. The zero-order valence-corrected chi connectivity index (χ0v) is 17.8. The average Bonchev–Trinajstić information content (AvgIpc) is 2.83. The summed E-state index contributed by atoms with van der Waals surface area (Å²) in [6.45, 7) is 5.36. The molecule has 0 spiro atoms. The lowest BCUT2D eigenvalue weighted by molar-refractivity contribution is 0.0736. The minimum absolute atomic E-state index is 0.0385. The number of hydrogen-bond acceptors (Lipinski definition) is 8. The number of nitrogens with one attached hydrogen (secondary N) is 1. The number of benzene rings is 1. The minimum Gasteiger partial charge on any atom is -0.486 e. The molecule has 0 saturated carbocycles. The van der Waals surface area contributed by atoms with Crippen molar-refractivity contribution in [3.8, 4) is 11.5 Å². The number of anilines is 3. The van der Waals surface area contributed by atoms with Crippen molar-refractivity contribution in [2.45, 2.75) is 6.92 Å². The molecule has 4 heterocycles. The Balaban J connectivity index is 1.27. The van der Waals surface area contributed by atoms with Gasteiger partial charge in [-0.25, -0.2) is 15.0 Å². The number of ether oxygens (including phenoxy) is 2. The molecule has 32 heavy (non-hydrogen) atoms. The van der Waals surface area contributed by atoms with E-state index >= 15 is 0 Å². The van der Waals surface area contributed by atoms with Crippen molar-refractivity contribution >= 4 is 23.4 Å². The van der Waals surface area contributed by atoms with Crippen LogP contribution in [0.5, 0.6) is 11.5 Å². The Morgan fingerprint density at radius 2 is 1.81 bits per heavy atom. The van der Waals surface area contributed by atoms with Crippen molar-refractivity contribution in [2.24, 2.45) is 0 Å². The smallest absolute Gasteiger partial charge is 0.257 e. The lowest BCUT2D eigenvalue weighted by Crippen LogP contribution is -2.49. The highest BCUT2D eigenvalue weighted by Gasteiger charge is 2.27. The van der Waals surface area contributed by atoms with Crippen LogP contribution in [0.4, 0.5) is 17.5 Å². The van der Waals surface area contributed by atoms with E-state index in [1.54, 1.807) is 12.3 Å². The van der Waals surface area contributed by atoms with Crippen molar-refractivity contribution in [1.82, 2.24) is 19.9 Å². The van der Waals surface area contributed by atoms with E-state index in [1.165, 1.54) is 0 Å². The quantitative estimate of drug-likeness (QED) is 0.673. The summed E-state index contributed by atoms with van der Waals surface area (Å²) in [5.74, 6) is 4.06. The Morgan fingerprint density at radius 3 is 2.62 bits per heavy atom. The molecule has 9 heteroatoms. The maximum atomic E-state index is 13.2. The first kappa shape index (κ1) is 20.0. The van der Waals surface area contributed by atoms with Crippen LogP contribution in [-0.2, 0) is 0 Å². The van der Waals surface area contributed by atoms with E-state index in [2.05, 4.69) is 25.2 Å². The van der Waals surface area contributed by atoms with Crippen LogP contribution < -0.4 is 19.7 Å². The largest absolute Gasteiger partial charge is 0.486 e. The fraction of sp³-hybridized carbons (Fsp3) is 0.304. The lowest BCUT2D eigenvalue weighted by atomic mass is 10.1. The van der Waals surface area contributed by atoms with Gasteiger partial charge in [0.15, 0.2) is 11.5 Å². The number of piperazine rings is 1. The maximum absolute atomic E-state index is 13.2. The highest BCUT2D eigenvalue weighted by molar-refractivity contribution is 5.98. The molecule has 0 bridgehead atoms. The van der Waals surface area contributed by atoms with Crippen LogP contribution in [-0.4, -0.2) is 65.2 Å². The Hall–Kier alpha value is -3.88. The van der Waals surface area contributed by atoms with Crippen LogP contribution in [0.3, 0.4) is 0 Å². The van der Waals surface area contributed by atoms with Gasteiger partial charge in [0.05, 0.1) is 5.56 Å². The molecule has 2 aromatic heterocycles. The topological polar surface area (TPSA) is 92.7 Å². The second-order valence-electron chi connectivity index (χ2n) is 7.61. The van der Waals surface area contributed by atoms with E-state index in [1.807, 2.05) is 48.2 Å². The van der Waals surface area contributed by atoms with E-state index in [0.29, 0.717) is 68.1 Å². The molecule has 0 unspecified atom stereocenters. The average molecular weight is 432 g/mol. The number of rotatable bonds is 4. The van der Waals surface area contributed by atoms with Gasteiger partial charge in [0.1, 0.15) is 36.5 Å². The first-order chi connectivity index (χ1) is 15.7. The molecular formula is C23H24N6O3. The number of carbonyl (C=O) groups excluding carboxylic acids is 1. The third kappa shape index (κ3) is 4.14. The van der Waals surface area contributed by atoms with Gasteiger partial charge in [-0.2, -0.15) is 0 Å². The minimum atomic E-state index is -0.0385. The van der Waals surface area contributed by atoms with Crippen molar-refractivity contribution in [2.75, 3.05) is 49.6 Å². The summed E-state index contributed by atoms with van der Waals surface area (Å²) in [5.41, 5.74) is 0.551. The van der Waals surface area contributed by atoms with Crippen molar-refractivity contribution in [3.05, 3.63) is 60.0 Å². The zero-order chi connectivity index (χ0) is 21.9. The number of pyridine rings is 1. The van der Waals surface area contributed by atoms with Crippen molar-refractivity contribution in [1.29, 1.82) is 0 Å². The van der Waals surface area contributed by atoms with E-state index in [4.69, 9.17) is 9.47 Å². The molecule has 9 nitrogen and oxygen atoms in total. The van der Waals surface area contributed by atoms with E-state index < -0.39 is 0 Å². The first-order valence-corrected chi connectivity index (χ1v) is 10.6. The van der Waals surface area contributed by atoms with E-state index in [9.17, 15) is 4.79 Å². The van der Waals surface area contributed by atoms with Crippen LogP contribution in [0.1, 0.15) is 16.2 Å². The van der Waals surface area contributed by atoms with Gasteiger partial charge in [-0.1, -0.05) is 12.1 Å². The van der Waals surface area contributed by atoms with Crippen LogP contribution in [0.25, 0.3) is 0 Å². The molecule has 2 aliphatic rings. The van der Waals surface area contributed by atoms with Gasteiger partial charge in [-0.15, -0.1) is 0 Å². The molecule has 1 aromatic carbocycles. The molecular weight excluding hydrogens is 408 g/mol. The van der Waals surface area contributed by atoms with Crippen LogP contribution >= 0.6 is 0 Å². The summed E-state index contributed by atoms with van der Waals surface area (Å²) in [6, 6.07) is 13.0. The highest BCUT2D eigenvalue weighted by Crippen LogP contribution is 2.34. The second-order valence-corrected chi connectivity index (χ2v) is 7.61. The number of aryl methyl sites for hydroxylation is 1. The number of carbonyl (C=O) groups is 1. The Kier molecular flexibility index (Phi) is 5.45. The molecule has 1 saturated heterocycles. The summed E-state index contributed by atoms with van der Waals surface area (Å²) < 4.78 is 11.3. The Morgan fingerprint density at radius 1 is 0.969 bits per heavy atom. The number of hydrogen-bond donors (Lipinski definition) is 1. The number of nitrogens with zero attached hydrogens (tertiary/aromatic N) is 5. The van der Waals surface area contributed by atoms with Gasteiger partial charge in [0, 0.05) is 38.4 Å². The van der Waals surface area contributed by atoms with Crippen LogP contribution in [0.15, 0.2) is 48.7 Å². The van der Waals surface area contributed by atoms with Crippen LogP contribution in [0.2, 0.25) is 0 Å². The van der Waals surface area contributed by atoms with E-state index in [0.717, 1.165) is 11.6 Å². The lowest BCUT2D eigenvalue weighted by Gasteiger charge is -2.36.